The molecule has 3 aromatic carbocycles. The second-order valence-electron chi connectivity index (χ2n) is 6.81. The van der Waals surface area contributed by atoms with Crippen molar-refractivity contribution in [3.63, 3.8) is 0 Å². The van der Waals surface area contributed by atoms with Crippen LogP contribution in [-0.2, 0) is 0 Å². The minimum Gasteiger partial charge on any atom is -0.502 e. The zero-order valence-corrected chi connectivity index (χ0v) is 18.5. The number of aromatic hydroxyl groups is 2. The Morgan fingerprint density at radius 2 is 0.875 bits per heavy atom. The highest BCUT2D eigenvalue weighted by atomic mass is 16.5. The van der Waals surface area contributed by atoms with Gasteiger partial charge in [-0.2, -0.15) is 0 Å². The van der Waals surface area contributed by atoms with E-state index in [1.54, 1.807) is 12.1 Å². The smallest absolute Gasteiger partial charge is 0.201 e. The topological polar surface area (TPSA) is 77.4 Å². The first-order valence-corrected chi connectivity index (χ1v) is 9.86. The molecule has 2 N–H and O–H groups in total. The second kappa shape index (κ2) is 10.3. The number of methoxy groups -OCH3 is 4. The second-order valence-corrected chi connectivity index (χ2v) is 6.81. The molecule has 0 aromatic heterocycles. The van der Waals surface area contributed by atoms with Gasteiger partial charge in [-0.15, -0.1) is 0 Å². The molecule has 0 bridgehead atoms. The fraction of sp³-hybridized carbons (Fsp3) is 0.154. The number of rotatable bonds is 8. The number of phenolic OH excluding ortho intramolecular Hbond substituents is 2. The first kappa shape index (κ1) is 22.6. The van der Waals surface area contributed by atoms with Crippen molar-refractivity contribution in [1.29, 1.82) is 0 Å². The van der Waals surface area contributed by atoms with E-state index in [1.807, 2.05) is 60.7 Å². The Balaban J connectivity index is 1.78. The summed E-state index contributed by atoms with van der Waals surface area (Å²) in [6.07, 6.45) is 7.60. The quantitative estimate of drug-likeness (QED) is 0.458. The summed E-state index contributed by atoms with van der Waals surface area (Å²) in [5, 5.41) is 20.4. The van der Waals surface area contributed by atoms with Crippen LogP contribution in [-0.4, -0.2) is 38.7 Å². The van der Waals surface area contributed by atoms with Crippen molar-refractivity contribution in [2.45, 2.75) is 0 Å². The average Bonchev–Trinajstić information content (AvgIpc) is 2.82. The number of hydrogen-bond acceptors (Lipinski definition) is 6. The lowest BCUT2D eigenvalue weighted by Crippen LogP contribution is -1.91. The van der Waals surface area contributed by atoms with Crippen LogP contribution in [0.2, 0.25) is 0 Å². The van der Waals surface area contributed by atoms with Crippen LogP contribution in [0, 0.1) is 0 Å². The summed E-state index contributed by atoms with van der Waals surface area (Å²) in [4.78, 5) is 0. The third kappa shape index (κ3) is 4.81. The molecule has 0 unspecified atom stereocenters. The van der Waals surface area contributed by atoms with Crippen LogP contribution < -0.4 is 18.9 Å². The highest BCUT2D eigenvalue weighted by Gasteiger charge is 2.13. The van der Waals surface area contributed by atoms with Gasteiger partial charge in [-0.1, -0.05) is 48.6 Å². The summed E-state index contributed by atoms with van der Waals surface area (Å²) in [7, 11) is 6.00. The van der Waals surface area contributed by atoms with E-state index in [1.165, 1.54) is 28.4 Å². The van der Waals surface area contributed by atoms with Gasteiger partial charge < -0.3 is 29.2 Å². The van der Waals surface area contributed by atoms with E-state index in [0.717, 1.165) is 22.3 Å². The van der Waals surface area contributed by atoms with E-state index in [2.05, 4.69) is 0 Å². The van der Waals surface area contributed by atoms with Crippen LogP contribution in [0.25, 0.3) is 24.3 Å². The molecular formula is C26H26O6. The Labute approximate surface area is 187 Å². The fourth-order valence-corrected chi connectivity index (χ4v) is 3.25. The molecule has 0 fully saturated rings. The van der Waals surface area contributed by atoms with E-state index in [4.69, 9.17) is 18.9 Å². The SMILES string of the molecule is COc1ccc(C=Cc2ccc(C=Cc3ccc(OC)c(O)c3OC)cc2)c(OC)c1O. The Morgan fingerprint density at radius 3 is 1.19 bits per heavy atom. The van der Waals surface area contributed by atoms with E-state index in [0.29, 0.717) is 23.0 Å². The lowest BCUT2D eigenvalue weighted by atomic mass is 10.1. The largest absolute Gasteiger partial charge is 0.502 e. The Bertz CT molecular complexity index is 1040. The third-order valence-corrected chi connectivity index (χ3v) is 4.95. The molecule has 0 saturated heterocycles. The van der Waals surface area contributed by atoms with Crippen molar-refractivity contribution in [2.75, 3.05) is 28.4 Å². The van der Waals surface area contributed by atoms with Gasteiger partial charge in [-0.05, 0) is 35.4 Å². The van der Waals surface area contributed by atoms with E-state index < -0.39 is 0 Å². The lowest BCUT2D eigenvalue weighted by Gasteiger charge is -2.11. The van der Waals surface area contributed by atoms with Gasteiger partial charge in [0.2, 0.25) is 11.5 Å². The Morgan fingerprint density at radius 1 is 0.500 bits per heavy atom. The van der Waals surface area contributed by atoms with Gasteiger partial charge in [0, 0.05) is 11.1 Å². The monoisotopic (exact) mass is 434 g/mol. The van der Waals surface area contributed by atoms with Gasteiger partial charge in [0.05, 0.1) is 28.4 Å². The van der Waals surface area contributed by atoms with E-state index in [-0.39, 0.29) is 11.5 Å². The molecule has 6 heteroatoms. The van der Waals surface area contributed by atoms with Gasteiger partial charge in [0.1, 0.15) is 0 Å². The molecule has 0 spiro atoms. The van der Waals surface area contributed by atoms with Gasteiger partial charge in [0.25, 0.3) is 0 Å². The number of ether oxygens (including phenoxy) is 4. The minimum atomic E-state index is -0.0300. The van der Waals surface area contributed by atoms with Gasteiger partial charge >= 0.3 is 0 Å². The van der Waals surface area contributed by atoms with Crippen LogP contribution in [0.5, 0.6) is 34.5 Å². The van der Waals surface area contributed by atoms with Crippen molar-refractivity contribution in [3.05, 3.63) is 70.8 Å². The maximum atomic E-state index is 10.2. The molecule has 6 nitrogen and oxygen atoms in total. The maximum Gasteiger partial charge on any atom is 0.201 e. The Kier molecular flexibility index (Phi) is 7.29. The van der Waals surface area contributed by atoms with Gasteiger partial charge in [-0.25, -0.2) is 0 Å². The van der Waals surface area contributed by atoms with Crippen LogP contribution in [0.3, 0.4) is 0 Å². The summed E-state index contributed by atoms with van der Waals surface area (Å²) in [5.74, 6) is 1.37. The molecule has 166 valence electrons. The van der Waals surface area contributed by atoms with E-state index in [9.17, 15) is 10.2 Å². The predicted molar refractivity (Wildman–Crippen MR) is 127 cm³/mol. The molecular weight excluding hydrogens is 408 g/mol. The first-order chi connectivity index (χ1) is 15.5. The minimum absolute atomic E-state index is 0.0300. The summed E-state index contributed by atoms with van der Waals surface area (Å²) in [6.45, 7) is 0. The molecule has 0 amide bonds. The van der Waals surface area contributed by atoms with Gasteiger partial charge in [0.15, 0.2) is 23.0 Å². The molecule has 0 radical (unpaired) electrons. The molecule has 0 heterocycles. The van der Waals surface area contributed by atoms with Crippen molar-refractivity contribution in [1.82, 2.24) is 0 Å². The van der Waals surface area contributed by atoms with Crippen molar-refractivity contribution >= 4 is 24.3 Å². The van der Waals surface area contributed by atoms with Crippen LogP contribution in [0.4, 0.5) is 0 Å². The predicted octanol–water partition coefficient (Wildman–Crippen LogP) is 5.47. The van der Waals surface area contributed by atoms with Crippen LogP contribution in [0.1, 0.15) is 22.3 Å². The summed E-state index contributed by atoms with van der Waals surface area (Å²) >= 11 is 0. The summed E-state index contributed by atoms with van der Waals surface area (Å²) in [6, 6.07) is 15.0. The lowest BCUT2D eigenvalue weighted by molar-refractivity contribution is 0.339. The first-order valence-electron chi connectivity index (χ1n) is 9.86. The highest BCUT2D eigenvalue weighted by molar-refractivity contribution is 5.78. The zero-order valence-electron chi connectivity index (χ0n) is 18.5. The molecule has 0 saturated carbocycles. The van der Waals surface area contributed by atoms with E-state index >= 15 is 0 Å². The van der Waals surface area contributed by atoms with Crippen molar-refractivity contribution < 1.29 is 29.2 Å². The molecule has 3 rings (SSSR count). The molecule has 0 aliphatic rings. The molecule has 0 aliphatic heterocycles. The fourth-order valence-electron chi connectivity index (χ4n) is 3.25. The highest BCUT2D eigenvalue weighted by Crippen LogP contribution is 2.40. The molecule has 0 aliphatic carbocycles. The van der Waals surface area contributed by atoms with Crippen LogP contribution in [0.15, 0.2) is 48.5 Å². The van der Waals surface area contributed by atoms with Crippen molar-refractivity contribution in [2.24, 2.45) is 0 Å². The maximum absolute atomic E-state index is 10.2. The molecule has 32 heavy (non-hydrogen) atoms. The summed E-state index contributed by atoms with van der Waals surface area (Å²) in [5.41, 5.74) is 3.45. The zero-order chi connectivity index (χ0) is 23.1. The number of benzene rings is 3. The van der Waals surface area contributed by atoms with Crippen molar-refractivity contribution in [3.8, 4) is 34.5 Å². The molecule has 0 atom stereocenters. The average molecular weight is 434 g/mol. The number of hydrogen-bond donors (Lipinski definition) is 2. The third-order valence-electron chi connectivity index (χ3n) is 4.95. The normalized spacial score (nSPS) is 11.1. The molecule has 3 aromatic rings. The summed E-state index contributed by atoms with van der Waals surface area (Å²) < 4.78 is 20.9. The number of phenols is 2. The standard InChI is InChI=1S/C26H26O6/c1-29-21-15-13-19(25(31-3)23(21)27)11-9-17-5-7-18(8-6-17)10-12-20-14-16-22(30-2)24(28)26(20)32-4/h5-16,27-28H,1-4H3. The van der Waals surface area contributed by atoms with Crippen LogP contribution >= 0.6 is 0 Å². The van der Waals surface area contributed by atoms with Gasteiger partial charge in [-0.3, -0.25) is 0 Å². The Hall–Kier alpha value is -4.06.